The van der Waals surface area contributed by atoms with Crippen LogP contribution in [0.4, 0.5) is 13.2 Å². The molecule has 2 bridgehead atoms. The average Bonchev–Trinajstić information content (AvgIpc) is 3.78. The highest BCUT2D eigenvalue weighted by Crippen LogP contribution is 2.32. The van der Waals surface area contributed by atoms with E-state index in [2.05, 4.69) is 20.7 Å². The first kappa shape index (κ1) is 33.7. The predicted octanol–water partition coefficient (Wildman–Crippen LogP) is 3.67. The number of fused-ring (bicyclic) bond motifs is 4. The highest BCUT2D eigenvalue weighted by Gasteiger charge is 2.35. The summed E-state index contributed by atoms with van der Waals surface area (Å²) < 4.78 is 80.7. The van der Waals surface area contributed by atoms with Gasteiger partial charge in [-0.25, -0.2) is 13.4 Å². The van der Waals surface area contributed by atoms with Crippen LogP contribution in [0, 0.1) is 5.92 Å². The summed E-state index contributed by atoms with van der Waals surface area (Å²) in [4.78, 5) is 30.9. The third-order valence-electron chi connectivity index (χ3n) is 7.27. The Balaban J connectivity index is 1.41. The Kier molecular flexibility index (Phi) is 10.0. The van der Waals surface area contributed by atoms with E-state index in [0.29, 0.717) is 30.6 Å². The number of amides is 2. The number of rotatable bonds is 5. The molecule has 3 aromatic heterocycles. The molecule has 0 radical (unpaired) electrons. The van der Waals surface area contributed by atoms with E-state index < -0.39 is 51.4 Å². The van der Waals surface area contributed by atoms with Crippen LogP contribution in [0.5, 0.6) is 5.75 Å². The number of aromatic nitrogens is 4. The number of hydrogen-bond acceptors (Lipinski definition) is 8. The SMILES string of the molecule is CC(C)C[C@H]1NC(=O)CN(S(=O)(=O)c2ccc(-c3cc(C(F)(F)F)[nH]n3)o2)CCCOc2cccc(c2)-c2nccn2CCNC1=O. The molecule has 252 valence electrons. The van der Waals surface area contributed by atoms with Crippen LogP contribution in [0.25, 0.3) is 22.8 Å². The van der Waals surface area contributed by atoms with E-state index in [4.69, 9.17) is 9.15 Å². The number of halogens is 3. The van der Waals surface area contributed by atoms with Crippen molar-refractivity contribution >= 4 is 21.8 Å². The molecule has 13 nitrogen and oxygen atoms in total. The van der Waals surface area contributed by atoms with Gasteiger partial charge in [0.25, 0.3) is 10.0 Å². The Labute approximate surface area is 268 Å². The summed E-state index contributed by atoms with van der Waals surface area (Å²) >= 11 is 0. The molecule has 4 heterocycles. The number of ether oxygens (including phenoxy) is 1. The van der Waals surface area contributed by atoms with Gasteiger partial charge in [-0.05, 0) is 49.1 Å². The van der Waals surface area contributed by atoms with E-state index >= 15 is 0 Å². The van der Waals surface area contributed by atoms with Crippen molar-refractivity contribution in [2.24, 2.45) is 5.92 Å². The molecule has 0 spiro atoms. The second-order valence-corrected chi connectivity index (χ2v) is 13.2. The Hall–Kier alpha value is -4.64. The minimum absolute atomic E-state index is 0.0230. The summed E-state index contributed by atoms with van der Waals surface area (Å²) in [6.07, 6.45) is -0.785. The van der Waals surface area contributed by atoms with Crippen molar-refractivity contribution in [2.45, 2.75) is 50.5 Å². The summed E-state index contributed by atoms with van der Waals surface area (Å²) in [5.74, 6) is -0.170. The number of alkyl halides is 3. The topological polar surface area (TPSA) is 164 Å². The first-order valence-electron chi connectivity index (χ1n) is 14.9. The van der Waals surface area contributed by atoms with Crippen molar-refractivity contribution in [2.75, 3.05) is 26.2 Å². The quantitative estimate of drug-likeness (QED) is 0.288. The number of benzene rings is 1. The lowest BCUT2D eigenvalue weighted by Gasteiger charge is -2.24. The van der Waals surface area contributed by atoms with Crippen molar-refractivity contribution in [1.82, 2.24) is 34.7 Å². The van der Waals surface area contributed by atoms with Gasteiger partial charge in [-0.2, -0.15) is 22.6 Å². The van der Waals surface area contributed by atoms with Crippen molar-refractivity contribution in [1.29, 1.82) is 0 Å². The highest BCUT2D eigenvalue weighted by molar-refractivity contribution is 7.89. The number of furan rings is 1. The number of carbonyl (C=O) groups excluding carboxylic acids is 2. The van der Waals surface area contributed by atoms with Crippen LogP contribution < -0.4 is 15.4 Å². The van der Waals surface area contributed by atoms with Crippen LogP contribution in [0.15, 0.2) is 64.4 Å². The molecule has 17 heteroatoms. The Morgan fingerprint density at radius 3 is 2.66 bits per heavy atom. The number of hydrogen-bond donors (Lipinski definition) is 3. The highest BCUT2D eigenvalue weighted by atomic mass is 32.2. The van der Waals surface area contributed by atoms with E-state index in [1.807, 2.05) is 29.6 Å². The van der Waals surface area contributed by atoms with Crippen LogP contribution in [-0.4, -0.2) is 76.6 Å². The third-order valence-corrected chi connectivity index (χ3v) is 8.99. The van der Waals surface area contributed by atoms with Gasteiger partial charge in [0.05, 0.1) is 13.2 Å². The fourth-order valence-corrected chi connectivity index (χ4v) is 6.38. The fraction of sp³-hybridized carbons (Fsp3) is 0.400. The second-order valence-electron chi connectivity index (χ2n) is 11.3. The molecule has 1 aromatic carbocycles. The molecule has 0 unspecified atom stereocenters. The maximum absolute atomic E-state index is 13.7. The first-order chi connectivity index (χ1) is 22.3. The maximum atomic E-state index is 13.7. The van der Waals surface area contributed by atoms with Gasteiger partial charge in [-0.15, -0.1) is 0 Å². The van der Waals surface area contributed by atoms with Gasteiger partial charge >= 0.3 is 6.18 Å². The van der Waals surface area contributed by atoms with Gasteiger partial charge in [0.1, 0.15) is 29.0 Å². The summed E-state index contributed by atoms with van der Waals surface area (Å²) in [6, 6.07) is 9.22. The molecule has 1 atom stereocenters. The van der Waals surface area contributed by atoms with Gasteiger partial charge in [0.2, 0.25) is 16.9 Å². The monoisotopic (exact) mass is 677 g/mol. The van der Waals surface area contributed by atoms with Crippen LogP contribution in [0.3, 0.4) is 0 Å². The number of imidazole rings is 1. The zero-order valence-electron chi connectivity index (χ0n) is 25.6. The van der Waals surface area contributed by atoms with Gasteiger partial charge < -0.3 is 24.4 Å². The number of H-pyrrole nitrogens is 1. The molecular formula is C30H34F3N7O6S. The normalized spacial score (nSPS) is 17.7. The lowest BCUT2D eigenvalue weighted by atomic mass is 10.0. The Bertz CT molecular complexity index is 1820. The molecule has 3 N–H and O–H groups in total. The molecule has 1 aliphatic heterocycles. The molecule has 4 aromatic rings. The molecule has 0 aliphatic carbocycles. The lowest BCUT2D eigenvalue weighted by molar-refractivity contribution is -0.141. The summed E-state index contributed by atoms with van der Waals surface area (Å²) in [5, 5.41) is 10.3. The first-order valence-corrected chi connectivity index (χ1v) is 16.3. The van der Waals surface area contributed by atoms with E-state index in [1.165, 1.54) is 6.07 Å². The molecule has 2 amide bonds. The zero-order valence-corrected chi connectivity index (χ0v) is 26.4. The van der Waals surface area contributed by atoms with E-state index in [1.54, 1.807) is 30.6 Å². The minimum Gasteiger partial charge on any atom is -0.494 e. The van der Waals surface area contributed by atoms with Crippen LogP contribution in [0.2, 0.25) is 0 Å². The summed E-state index contributed by atoms with van der Waals surface area (Å²) in [7, 11) is -4.49. The molecule has 5 rings (SSSR count). The standard InChI is InChI=1S/C30H34F3N7O6S/c1-19(2)15-23-29(42)35-10-13-39-12-9-34-28(39)20-5-3-6-21(16-20)45-14-4-11-40(18-26(41)36-23)47(43,44)27-8-7-24(46-27)22-17-25(38-37-22)30(31,32)33/h3,5-9,12,16-17,19,23H,4,10-11,13-15,18H2,1-2H3,(H,35,42)(H,36,41)(H,37,38)/t23-/m1/s1. The van der Waals surface area contributed by atoms with Gasteiger partial charge in [-0.3, -0.25) is 14.7 Å². The van der Waals surface area contributed by atoms with Crippen LogP contribution in [0.1, 0.15) is 32.4 Å². The van der Waals surface area contributed by atoms with Crippen LogP contribution >= 0.6 is 0 Å². The Morgan fingerprint density at radius 1 is 1.11 bits per heavy atom. The van der Waals surface area contributed by atoms with Crippen molar-refractivity contribution in [3.8, 4) is 28.6 Å². The second kappa shape index (κ2) is 14.0. The van der Waals surface area contributed by atoms with Crippen molar-refractivity contribution in [3.05, 3.63) is 60.6 Å². The third kappa shape index (κ3) is 8.21. The van der Waals surface area contributed by atoms with E-state index in [9.17, 15) is 31.2 Å². The molecule has 0 saturated heterocycles. The molecular weight excluding hydrogens is 643 g/mol. The molecule has 0 saturated carbocycles. The number of aromatic amines is 1. The number of nitrogens with zero attached hydrogens (tertiary/aromatic N) is 4. The fourth-order valence-electron chi connectivity index (χ4n) is 5.03. The van der Waals surface area contributed by atoms with Gasteiger partial charge in [0, 0.05) is 37.6 Å². The van der Waals surface area contributed by atoms with E-state index in [-0.39, 0.29) is 43.5 Å². The number of carbonyl (C=O) groups is 2. The van der Waals surface area contributed by atoms with Crippen molar-refractivity contribution < 1.29 is 40.3 Å². The minimum atomic E-state index is -4.69. The summed E-state index contributed by atoms with van der Waals surface area (Å²) in [5.41, 5.74) is -0.604. The Morgan fingerprint density at radius 2 is 1.91 bits per heavy atom. The number of sulfonamides is 1. The largest absolute Gasteiger partial charge is 0.494 e. The lowest BCUT2D eigenvalue weighted by Crippen LogP contribution is -2.51. The van der Waals surface area contributed by atoms with Gasteiger partial charge in [-0.1, -0.05) is 26.0 Å². The molecule has 0 fully saturated rings. The molecule has 47 heavy (non-hydrogen) atoms. The number of nitrogens with one attached hydrogen (secondary N) is 3. The maximum Gasteiger partial charge on any atom is 0.432 e. The van der Waals surface area contributed by atoms with E-state index in [0.717, 1.165) is 15.9 Å². The predicted molar refractivity (Wildman–Crippen MR) is 162 cm³/mol. The summed E-state index contributed by atoms with van der Waals surface area (Å²) in [6.45, 7) is 3.66. The smallest absolute Gasteiger partial charge is 0.432 e. The van der Waals surface area contributed by atoms with Crippen molar-refractivity contribution in [3.63, 3.8) is 0 Å². The average molecular weight is 678 g/mol. The molecule has 1 aliphatic rings. The van der Waals surface area contributed by atoms with Crippen LogP contribution in [-0.2, 0) is 32.3 Å². The van der Waals surface area contributed by atoms with Gasteiger partial charge in [0.15, 0.2) is 5.76 Å². The zero-order chi connectivity index (χ0) is 33.8.